The van der Waals surface area contributed by atoms with Crippen molar-refractivity contribution in [2.24, 2.45) is 0 Å². The smallest absolute Gasteiger partial charge is 0.262 e. The second-order valence-electron chi connectivity index (χ2n) is 7.42. The molecule has 4 aromatic carbocycles. The first-order valence-corrected chi connectivity index (χ1v) is 11.5. The molecule has 1 heterocycles. The van der Waals surface area contributed by atoms with Gasteiger partial charge in [-0.15, -0.1) is 0 Å². The van der Waals surface area contributed by atoms with Gasteiger partial charge in [-0.1, -0.05) is 60.7 Å². The molecule has 0 radical (unpaired) electrons. The Balaban J connectivity index is 1.63. The quantitative estimate of drug-likeness (QED) is 0.414. The Hall–Kier alpha value is -3.35. The van der Waals surface area contributed by atoms with Gasteiger partial charge in [-0.05, 0) is 46.7 Å². The summed E-state index contributed by atoms with van der Waals surface area (Å²) < 4.78 is 40.4. The fraction of sp³-hybridized carbons (Fsp3) is 0.120. The maximum atomic E-state index is 13.3. The summed E-state index contributed by atoms with van der Waals surface area (Å²) >= 11 is 0. The largest absolute Gasteiger partial charge is 0.491 e. The number of fused-ring (bicyclic) bond motifs is 1. The molecule has 31 heavy (non-hydrogen) atoms. The second-order valence-corrected chi connectivity index (χ2v) is 9.07. The molecule has 0 aromatic heterocycles. The third kappa shape index (κ3) is 4.26. The lowest BCUT2D eigenvalue weighted by molar-refractivity contribution is 0.263. The number of rotatable bonds is 7. The molecule has 1 atom stereocenters. The first-order chi connectivity index (χ1) is 15.1. The van der Waals surface area contributed by atoms with E-state index in [1.165, 1.54) is 0 Å². The highest BCUT2D eigenvalue weighted by Gasteiger charge is 2.25. The molecule has 1 aliphatic heterocycles. The van der Waals surface area contributed by atoms with Crippen LogP contribution in [0.5, 0.6) is 5.75 Å². The summed E-state index contributed by atoms with van der Waals surface area (Å²) in [4.78, 5) is 0.197. The monoisotopic (exact) mass is 431 g/mol. The van der Waals surface area contributed by atoms with E-state index in [9.17, 15) is 8.42 Å². The number of nitrogens with one attached hydrogen (secondary N) is 1. The molecule has 0 spiro atoms. The van der Waals surface area contributed by atoms with E-state index in [0.717, 1.165) is 16.3 Å². The zero-order valence-corrected chi connectivity index (χ0v) is 17.5. The molecule has 6 heteroatoms. The van der Waals surface area contributed by atoms with Crippen LogP contribution in [0.15, 0.2) is 95.9 Å². The average Bonchev–Trinajstić information content (AvgIpc) is 3.62. The minimum absolute atomic E-state index is 0.115. The van der Waals surface area contributed by atoms with Crippen molar-refractivity contribution in [3.05, 3.63) is 91.0 Å². The minimum atomic E-state index is -3.83. The topological polar surface area (TPSA) is 67.9 Å². The van der Waals surface area contributed by atoms with E-state index in [-0.39, 0.29) is 11.0 Å². The van der Waals surface area contributed by atoms with Crippen LogP contribution in [0.3, 0.4) is 0 Å². The molecule has 1 aliphatic rings. The fourth-order valence-electron chi connectivity index (χ4n) is 3.57. The highest BCUT2D eigenvalue weighted by Crippen LogP contribution is 2.36. The molecule has 5 nitrogen and oxygen atoms in total. The van der Waals surface area contributed by atoms with E-state index in [1.807, 2.05) is 48.5 Å². The van der Waals surface area contributed by atoms with Gasteiger partial charge >= 0.3 is 0 Å². The van der Waals surface area contributed by atoms with E-state index >= 15 is 0 Å². The zero-order chi connectivity index (χ0) is 21.3. The Kier molecular flexibility index (Phi) is 5.10. The molecule has 4 aromatic rings. The van der Waals surface area contributed by atoms with Crippen LogP contribution in [0.4, 0.5) is 5.69 Å². The normalized spacial score (nSPS) is 15.5. The highest BCUT2D eigenvalue weighted by atomic mass is 32.2. The van der Waals surface area contributed by atoms with Crippen LogP contribution in [0.25, 0.3) is 21.9 Å². The van der Waals surface area contributed by atoms with Gasteiger partial charge in [0.25, 0.3) is 10.0 Å². The molecule has 5 rings (SSSR count). The molecule has 1 unspecified atom stereocenters. The van der Waals surface area contributed by atoms with Gasteiger partial charge < -0.3 is 9.47 Å². The van der Waals surface area contributed by atoms with Gasteiger partial charge in [0.1, 0.15) is 18.5 Å². The van der Waals surface area contributed by atoms with Crippen LogP contribution in [0, 0.1) is 0 Å². The number of hydrogen-bond donors (Lipinski definition) is 1. The van der Waals surface area contributed by atoms with Gasteiger partial charge in [-0.3, -0.25) is 4.72 Å². The molecule has 0 bridgehead atoms. The molecule has 1 N–H and O–H groups in total. The van der Waals surface area contributed by atoms with Gasteiger partial charge in [0.05, 0.1) is 11.5 Å². The molecule has 1 fully saturated rings. The van der Waals surface area contributed by atoms with E-state index in [4.69, 9.17) is 9.47 Å². The SMILES string of the molecule is O=S(=O)(Nc1ccccc1)c1ccc(OCC2CO2)cc1-c1cccc2ccccc12. The number of benzene rings is 4. The van der Waals surface area contributed by atoms with Crippen LogP contribution in [-0.4, -0.2) is 27.7 Å². The molecule has 0 aliphatic carbocycles. The van der Waals surface area contributed by atoms with Crippen LogP contribution in [-0.2, 0) is 14.8 Å². The molecular formula is C25H21NO4S. The molecule has 1 saturated heterocycles. The van der Waals surface area contributed by atoms with E-state index in [1.54, 1.807) is 42.5 Å². The molecule has 156 valence electrons. The van der Waals surface area contributed by atoms with Crippen molar-refractivity contribution in [3.63, 3.8) is 0 Å². The number of epoxide rings is 1. The van der Waals surface area contributed by atoms with Crippen molar-refractivity contribution in [1.82, 2.24) is 0 Å². The lowest BCUT2D eigenvalue weighted by Gasteiger charge is -2.16. The van der Waals surface area contributed by atoms with Crippen molar-refractivity contribution in [2.75, 3.05) is 17.9 Å². The second kappa shape index (κ2) is 8.06. The summed E-state index contributed by atoms with van der Waals surface area (Å²) in [6.07, 6.45) is 0.115. The predicted molar refractivity (Wildman–Crippen MR) is 122 cm³/mol. The summed E-state index contributed by atoms with van der Waals surface area (Å²) in [6.45, 7) is 1.15. The first kappa shape index (κ1) is 19.6. The van der Waals surface area contributed by atoms with Gasteiger partial charge in [0.15, 0.2) is 0 Å². The lowest BCUT2D eigenvalue weighted by Crippen LogP contribution is -2.14. The predicted octanol–water partition coefficient (Wildman–Crippen LogP) is 5.09. The van der Waals surface area contributed by atoms with Crippen molar-refractivity contribution in [3.8, 4) is 16.9 Å². The summed E-state index contributed by atoms with van der Waals surface area (Å²) in [7, 11) is -3.83. The van der Waals surface area contributed by atoms with Crippen LogP contribution >= 0.6 is 0 Å². The maximum absolute atomic E-state index is 13.3. The first-order valence-electron chi connectivity index (χ1n) is 10.0. The number of ether oxygens (including phenoxy) is 2. The highest BCUT2D eigenvalue weighted by molar-refractivity contribution is 7.92. The van der Waals surface area contributed by atoms with E-state index in [2.05, 4.69) is 4.72 Å². The van der Waals surface area contributed by atoms with E-state index in [0.29, 0.717) is 30.2 Å². The third-order valence-corrected chi connectivity index (χ3v) is 6.62. The summed E-state index contributed by atoms with van der Waals surface area (Å²) in [6, 6.07) is 27.8. The minimum Gasteiger partial charge on any atom is -0.491 e. The van der Waals surface area contributed by atoms with Gasteiger partial charge in [0.2, 0.25) is 0 Å². The van der Waals surface area contributed by atoms with Crippen molar-refractivity contribution in [1.29, 1.82) is 0 Å². The maximum Gasteiger partial charge on any atom is 0.262 e. The molecule has 0 saturated carbocycles. The van der Waals surface area contributed by atoms with Crippen LogP contribution < -0.4 is 9.46 Å². The lowest BCUT2D eigenvalue weighted by atomic mass is 9.98. The van der Waals surface area contributed by atoms with Crippen molar-refractivity contribution >= 4 is 26.5 Å². The van der Waals surface area contributed by atoms with Gasteiger partial charge in [0, 0.05) is 11.3 Å². The molecular weight excluding hydrogens is 410 g/mol. The average molecular weight is 432 g/mol. The Bertz CT molecular complexity index is 1330. The third-order valence-electron chi connectivity index (χ3n) is 5.18. The summed E-state index contributed by atoms with van der Waals surface area (Å²) in [5.41, 5.74) is 1.94. The van der Waals surface area contributed by atoms with Gasteiger partial charge in [-0.2, -0.15) is 0 Å². The van der Waals surface area contributed by atoms with E-state index < -0.39 is 10.0 Å². The number of para-hydroxylation sites is 1. The standard InChI is InChI=1S/C25H21NO4S/c27-31(28,26-19-9-2-1-3-10-19)25-14-13-20(29-16-21-17-30-21)15-24(25)23-12-6-8-18-7-4-5-11-22(18)23/h1-15,21,26H,16-17H2. The van der Waals surface area contributed by atoms with Crippen LogP contribution in [0.2, 0.25) is 0 Å². The van der Waals surface area contributed by atoms with Crippen molar-refractivity contribution < 1.29 is 17.9 Å². The number of sulfonamides is 1. The Labute approximate surface area is 181 Å². The Morgan fingerprint density at radius 3 is 2.42 bits per heavy atom. The number of anilines is 1. The van der Waals surface area contributed by atoms with Crippen molar-refractivity contribution in [2.45, 2.75) is 11.0 Å². The Morgan fingerprint density at radius 1 is 0.871 bits per heavy atom. The molecule has 0 amide bonds. The fourth-order valence-corrected chi connectivity index (χ4v) is 4.84. The van der Waals surface area contributed by atoms with Gasteiger partial charge in [-0.25, -0.2) is 8.42 Å². The number of hydrogen-bond acceptors (Lipinski definition) is 4. The summed E-state index contributed by atoms with van der Waals surface area (Å²) in [5.74, 6) is 0.608. The Morgan fingerprint density at radius 2 is 1.61 bits per heavy atom. The summed E-state index contributed by atoms with van der Waals surface area (Å²) in [5, 5.41) is 2.01. The van der Waals surface area contributed by atoms with Crippen LogP contribution in [0.1, 0.15) is 0 Å². The zero-order valence-electron chi connectivity index (χ0n) is 16.7.